The first kappa shape index (κ1) is 23.8. The van der Waals surface area contributed by atoms with Gasteiger partial charge in [0, 0.05) is 36.3 Å². The largest absolute Gasteiger partial charge is 0.456 e. The quantitative estimate of drug-likeness (QED) is 0.342. The summed E-state index contributed by atoms with van der Waals surface area (Å²) < 4.78 is 33.0. The summed E-state index contributed by atoms with van der Waals surface area (Å²) in [6.07, 6.45) is 7.96. The number of alkyl halides is 2. The molecule has 1 atom stereocenters. The molecule has 0 radical (unpaired) electrons. The average molecular weight is 515 g/mol. The SMILES string of the molecule is O=C(NC1=CNC(N2CCC(F)(F)C2)C=C1)c1n[nH]c2ccc(-c3cncc(Oc4ccccc4)c3)cc12. The van der Waals surface area contributed by atoms with Crippen molar-refractivity contribution in [2.75, 3.05) is 13.1 Å². The van der Waals surface area contributed by atoms with Crippen molar-refractivity contribution in [1.82, 2.24) is 30.7 Å². The van der Waals surface area contributed by atoms with E-state index in [0.717, 1.165) is 11.1 Å². The number of hydrogen-bond donors (Lipinski definition) is 3. The number of aromatic nitrogens is 3. The van der Waals surface area contributed by atoms with Crippen molar-refractivity contribution >= 4 is 16.8 Å². The number of benzene rings is 2. The van der Waals surface area contributed by atoms with Gasteiger partial charge in [0.2, 0.25) is 0 Å². The molecular formula is C28H24F2N6O2. The van der Waals surface area contributed by atoms with Gasteiger partial charge in [-0.3, -0.25) is 19.8 Å². The van der Waals surface area contributed by atoms with Crippen LogP contribution in [0.5, 0.6) is 11.5 Å². The van der Waals surface area contributed by atoms with Gasteiger partial charge in [-0.2, -0.15) is 5.10 Å². The molecule has 10 heteroatoms. The van der Waals surface area contributed by atoms with Gasteiger partial charge < -0.3 is 15.4 Å². The standard InChI is InChI=1S/C28H24F2N6O2/c29-28(30)10-11-36(17-28)25-9-7-20(15-32-25)33-27(37)26-23-13-18(6-8-24(23)34-35-26)19-12-22(16-31-14-19)38-21-4-2-1-3-5-21/h1-9,12-16,25,32H,10-11,17H2,(H,33,37)(H,34,35). The Hall–Kier alpha value is -4.57. The summed E-state index contributed by atoms with van der Waals surface area (Å²) in [6.45, 7) is 0.0197. The minimum Gasteiger partial charge on any atom is -0.456 e. The number of dihydropyridines is 1. The summed E-state index contributed by atoms with van der Waals surface area (Å²) in [5.41, 5.74) is 3.14. The van der Waals surface area contributed by atoms with Crippen molar-refractivity contribution in [2.24, 2.45) is 0 Å². The zero-order chi connectivity index (χ0) is 26.1. The number of amides is 1. The smallest absolute Gasteiger partial charge is 0.276 e. The Kier molecular flexibility index (Phi) is 6.09. The number of fused-ring (bicyclic) bond motifs is 1. The van der Waals surface area contributed by atoms with E-state index in [4.69, 9.17) is 4.74 Å². The number of hydrogen-bond acceptors (Lipinski definition) is 6. The molecule has 1 saturated heterocycles. The third-order valence-electron chi connectivity index (χ3n) is 6.52. The molecule has 0 aliphatic carbocycles. The molecule has 0 saturated carbocycles. The third-order valence-corrected chi connectivity index (χ3v) is 6.52. The topological polar surface area (TPSA) is 95.2 Å². The Morgan fingerprint density at radius 2 is 1.95 bits per heavy atom. The molecule has 1 fully saturated rings. The van der Waals surface area contributed by atoms with Gasteiger partial charge in [0.15, 0.2) is 5.69 Å². The van der Waals surface area contributed by atoms with Crippen LogP contribution >= 0.6 is 0 Å². The van der Waals surface area contributed by atoms with Crippen LogP contribution in [0.3, 0.4) is 0 Å². The van der Waals surface area contributed by atoms with Crippen molar-refractivity contribution in [3.8, 4) is 22.6 Å². The lowest BCUT2D eigenvalue weighted by molar-refractivity contribution is 0.00877. The average Bonchev–Trinajstić information content (AvgIpc) is 3.52. The van der Waals surface area contributed by atoms with Crippen LogP contribution in [0.25, 0.3) is 22.0 Å². The fourth-order valence-electron chi connectivity index (χ4n) is 4.59. The van der Waals surface area contributed by atoms with Crippen molar-refractivity contribution in [2.45, 2.75) is 18.5 Å². The first-order valence-electron chi connectivity index (χ1n) is 12.2. The Labute approximate surface area is 217 Å². The molecule has 2 aliphatic heterocycles. The summed E-state index contributed by atoms with van der Waals surface area (Å²) in [5, 5.41) is 13.7. The molecule has 3 N–H and O–H groups in total. The number of nitrogens with one attached hydrogen (secondary N) is 3. The molecule has 2 aromatic heterocycles. The number of nitrogens with zero attached hydrogens (tertiary/aromatic N) is 3. The van der Waals surface area contributed by atoms with E-state index in [2.05, 4.69) is 25.8 Å². The fourth-order valence-corrected chi connectivity index (χ4v) is 4.59. The number of carbonyl (C=O) groups excluding carboxylic acids is 1. The minimum atomic E-state index is -2.67. The van der Waals surface area contributed by atoms with E-state index in [0.29, 0.717) is 34.6 Å². The molecule has 2 aliphatic rings. The maximum atomic E-state index is 13.5. The highest BCUT2D eigenvalue weighted by Gasteiger charge is 2.40. The van der Waals surface area contributed by atoms with Crippen LogP contribution in [0, 0.1) is 0 Å². The predicted molar refractivity (Wildman–Crippen MR) is 139 cm³/mol. The summed E-state index contributed by atoms with van der Waals surface area (Å²) in [7, 11) is 0. The lowest BCUT2D eigenvalue weighted by Gasteiger charge is -2.27. The van der Waals surface area contributed by atoms with Crippen LogP contribution in [0.2, 0.25) is 0 Å². The summed E-state index contributed by atoms with van der Waals surface area (Å²) in [4.78, 5) is 19.1. The van der Waals surface area contributed by atoms with Gasteiger partial charge in [-0.1, -0.05) is 24.3 Å². The third kappa shape index (κ3) is 4.98. The van der Waals surface area contributed by atoms with E-state index in [-0.39, 0.29) is 24.8 Å². The molecular weight excluding hydrogens is 490 g/mol. The first-order chi connectivity index (χ1) is 18.4. The summed E-state index contributed by atoms with van der Waals surface area (Å²) in [6, 6.07) is 17.0. The molecule has 1 unspecified atom stereocenters. The molecule has 1 amide bonds. The van der Waals surface area contributed by atoms with Gasteiger partial charge >= 0.3 is 0 Å². The minimum absolute atomic E-state index is 0.152. The fraction of sp³-hybridized carbons (Fsp3) is 0.179. The number of likely N-dealkylation sites (tertiary alicyclic amines) is 1. The highest BCUT2D eigenvalue weighted by Crippen LogP contribution is 2.30. The second kappa shape index (κ2) is 9.71. The van der Waals surface area contributed by atoms with Crippen LogP contribution < -0.4 is 15.4 Å². The van der Waals surface area contributed by atoms with Gasteiger partial charge in [-0.25, -0.2) is 8.78 Å². The van der Waals surface area contributed by atoms with Crippen molar-refractivity contribution in [3.63, 3.8) is 0 Å². The zero-order valence-corrected chi connectivity index (χ0v) is 20.2. The molecule has 4 heterocycles. The van der Waals surface area contributed by atoms with Crippen LogP contribution in [0.15, 0.2) is 91.0 Å². The predicted octanol–water partition coefficient (Wildman–Crippen LogP) is 4.81. The maximum Gasteiger partial charge on any atom is 0.276 e. The molecule has 192 valence electrons. The van der Waals surface area contributed by atoms with E-state index in [1.54, 1.807) is 35.6 Å². The molecule has 38 heavy (non-hydrogen) atoms. The number of carbonyl (C=O) groups is 1. The Morgan fingerprint density at radius 1 is 1.08 bits per heavy atom. The second-order valence-electron chi connectivity index (χ2n) is 9.26. The number of ether oxygens (including phenoxy) is 1. The van der Waals surface area contributed by atoms with Crippen LogP contribution in [0.4, 0.5) is 8.78 Å². The molecule has 4 aromatic rings. The van der Waals surface area contributed by atoms with E-state index < -0.39 is 11.8 Å². The molecule has 8 nitrogen and oxygen atoms in total. The summed E-state index contributed by atoms with van der Waals surface area (Å²) in [5.74, 6) is -1.75. The van der Waals surface area contributed by atoms with Crippen LogP contribution in [-0.2, 0) is 0 Å². The van der Waals surface area contributed by atoms with E-state index >= 15 is 0 Å². The molecule has 2 aromatic carbocycles. The van der Waals surface area contributed by atoms with Gasteiger partial charge in [0.05, 0.1) is 30.1 Å². The Balaban J connectivity index is 1.17. The number of pyridine rings is 1. The monoisotopic (exact) mass is 514 g/mol. The highest BCUT2D eigenvalue weighted by molar-refractivity contribution is 6.06. The molecule has 0 bridgehead atoms. The summed E-state index contributed by atoms with van der Waals surface area (Å²) >= 11 is 0. The maximum absolute atomic E-state index is 13.5. The van der Waals surface area contributed by atoms with Gasteiger partial charge in [-0.05, 0) is 48.0 Å². The van der Waals surface area contributed by atoms with Crippen LogP contribution in [0.1, 0.15) is 16.9 Å². The lowest BCUT2D eigenvalue weighted by Crippen LogP contribution is -2.44. The van der Waals surface area contributed by atoms with E-state index in [9.17, 15) is 13.6 Å². The van der Waals surface area contributed by atoms with Gasteiger partial charge in [-0.15, -0.1) is 0 Å². The first-order valence-corrected chi connectivity index (χ1v) is 12.2. The second-order valence-corrected chi connectivity index (χ2v) is 9.26. The van der Waals surface area contributed by atoms with E-state index in [1.807, 2.05) is 54.6 Å². The van der Waals surface area contributed by atoms with Crippen LogP contribution in [-0.4, -0.2) is 51.2 Å². The number of allylic oxidation sites excluding steroid dienone is 1. The van der Waals surface area contributed by atoms with Crippen molar-refractivity contribution in [1.29, 1.82) is 0 Å². The molecule has 6 rings (SSSR count). The number of aromatic amines is 1. The highest BCUT2D eigenvalue weighted by atomic mass is 19.3. The Morgan fingerprint density at radius 3 is 2.71 bits per heavy atom. The van der Waals surface area contributed by atoms with Gasteiger partial charge in [0.25, 0.3) is 11.8 Å². The normalized spacial score (nSPS) is 18.7. The number of H-pyrrole nitrogens is 1. The zero-order valence-electron chi connectivity index (χ0n) is 20.2. The van der Waals surface area contributed by atoms with Crippen molar-refractivity contribution < 1.29 is 18.3 Å². The number of halogens is 2. The molecule has 0 spiro atoms. The lowest BCUT2D eigenvalue weighted by atomic mass is 10.0. The number of para-hydroxylation sites is 1. The van der Waals surface area contributed by atoms with E-state index in [1.165, 1.54) is 0 Å². The Bertz CT molecular complexity index is 1550. The van der Waals surface area contributed by atoms with Gasteiger partial charge in [0.1, 0.15) is 11.5 Å². The van der Waals surface area contributed by atoms with Crippen molar-refractivity contribution in [3.05, 3.63) is 96.7 Å². The number of rotatable bonds is 6.